The molecule has 0 heterocycles. The fraction of sp³-hybridized carbons (Fsp3) is 0.211. The van der Waals surface area contributed by atoms with Crippen molar-refractivity contribution in [3.05, 3.63) is 66.7 Å². The predicted octanol–water partition coefficient (Wildman–Crippen LogP) is 3.53. The minimum Gasteiger partial charge on any atom is -0.497 e. The number of nitrogens with zero attached hydrogens (tertiary/aromatic N) is 1. The number of methoxy groups -OCH3 is 1. The lowest BCUT2D eigenvalue weighted by molar-refractivity contribution is -0.137. The molecule has 0 spiro atoms. The molecule has 0 aromatic heterocycles. The Balaban J connectivity index is 2.19. The number of anilines is 1. The Hall–Kier alpha value is -2.85. The van der Waals surface area contributed by atoms with Crippen molar-refractivity contribution in [2.75, 3.05) is 25.5 Å². The number of nitrogens with one attached hydrogen (secondary N) is 1. The molecule has 29 heavy (non-hydrogen) atoms. The molecule has 0 aliphatic heterocycles. The molecule has 0 saturated carbocycles. The second-order valence-corrected chi connectivity index (χ2v) is 7.83. The smallest absolute Gasteiger partial charge is 0.416 e. The fourth-order valence-electron chi connectivity index (χ4n) is 2.42. The molecule has 0 fully saturated rings. The average molecular weight is 428 g/mol. The van der Waals surface area contributed by atoms with Gasteiger partial charge in [0, 0.05) is 12.2 Å². The molecule has 1 N–H and O–H groups in total. The number of amides is 1. The topological polar surface area (TPSA) is 75.7 Å². The molecule has 2 aromatic carbocycles. The van der Waals surface area contributed by atoms with E-state index in [1.807, 2.05) is 0 Å². The van der Waals surface area contributed by atoms with Gasteiger partial charge in [0.15, 0.2) is 0 Å². The normalized spacial score (nSPS) is 11.9. The van der Waals surface area contributed by atoms with E-state index in [1.165, 1.54) is 43.5 Å². The van der Waals surface area contributed by atoms with Gasteiger partial charge in [-0.25, -0.2) is 8.42 Å². The van der Waals surface area contributed by atoms with Crippen LogP contribution < -0.4 is 10.1 Å². The maximum Gasteiger partial charge on any atom is 0.416 e. The number of ether oxygens (including phenoxy) is 1. The maximum atomic E-state index is 12.8. The number of hydrogen-bond acceptors (Lipinski definition) is 4. The standard InChI is InChI=1S/C19H19F3N2O4S/c1-3-11-24(29(26,27)17-9-7-16(28-2)8-10-17)13-18(25)23-15-6-4-5-14(12-15)19(20,21)22/h3-10,12H,1,11,13H2,2H3,(H,23,25). The van der Waals surface area contributed by atoms with Crippen LogP contribution >= 0.6 is 0 Å². The highest BCUT2D eigenvalue weighted by Gasteiger charge is 2.31. The highest BCUT2D eigenvalue weighted by atomic mass is 32.2. The Kier molecular flexibility index (Phi) is 7.04. The number of alkyl halides is 3. The summed E-state index contributed by atoms with van der Waals surface area (Å²) in [5.41, 5.74) is -1.02. The second kappa shape index (κ2) is 9.10. The highest BCUT2D eigenvalue weighted by molar-refractivity contribution is 7.89. The number of carbonyl (C=O) groups is 1. The molecule has 0 aliphatic rings. The van der Waals surface area contributed by atoms with E-state index in [1.54, 1.807) is 0 Å². The van der Waals surface area contributed by atoms with Crippen LogP contribution in [0.15, 0.2) is 66.1 Å². The van der Waals surface area contributed by atoms with Crippen molar-refractivity contribution < 1.29 is 31.1 Å². The lowest BCUT2D eigenvalue weighted by atomic mass is 10.2. The number of benzene rings is 2. The zero-order chi connectivity index (χ0) is 21.7. The van der Waals surface area contributed by atoms with Crippen LogP contribution in [0.25, 0.3) is 0 Å². The SMILES string of the molecule is C=CCN(CC(=O)Nc1cccc(C(F)(F)F)c1)S(=O)(=O)c1ccc(OC)cc1. The summed E-state index contributed by atoms with van der Waals surface area (Å²) in [5, 5.41) is 2.29. The van der Waals surface area contributed by atoms with Gasteiger partial charge in [-0.2, -0.15) is 17.5 Å². The van der Waals surface area contributed by atoms with Gasteiger partial charge in [0.05, 0.1) is 24.1 Å². The van der Waals surface area contributed by atoms with Crippen LogP contribution in [0.4, 0.5) is 18.9 Å². The number of rotatable bonds is 8. The number of carbonyl (C=O) groups excluding carboxylic acids is 1. The molecule has 0 bridgehead atoms. The van der Waals surface area contributed by atoms with Gasteiger partial charge in [-0.1, -0.05) is 12.1 Å². The van der Waals surface area contributed by atoms with Gasteiger partial charge in [0.2, 0.25) is 15.9 Å². The summed E-state index contributed by atoms with van der Waals surface area (Å²) in [6, 6.07) is 9.64. The van der Waals surface area contributed by atoms with E-state index >= 15 is 0 Å². The summed E-state index contributed by atoms with van der Waals surface area (Å²) in [6.07, 6.45) is -3.26. The van der Waals surface area contributed by atoms with E-state index in [0.717, 1.165) is 22.5 Å². The Morgan fingerprint density at radius 3 is 2.41 bits per heavy atom. The third kappa shape index (κ3) is 5.81. The van der Waals surface area contributed by atoms with Crippen molar-refractivity contribution >= 4 is 21.6 Å². The van der Waals surface area contributed by atoms with Crippen molar-refractivity contribution in [1.29, 1.82) is 0 Å². The molecule has 10 heteroatoms. The van der Waals surface area contributed by atoms with E-state index in [9.17, 15) is 26.4 Å². The zero-order valence-corrected chi connectivity index (χ0v) is 16.3. The van der Waals surface area contributed by atoms with Crippen LogP contribution in [0.1, 0.15) is 5.56 Å². The number of hydrogen-bond donors (Lipinski definition) is 1. The quantitative estimate of drug-likeness (QED) is 0.653. The molecule has 1 amide bonds. The first kappa shape index (κ1) is 22.4. The second-order valence-electron chi connectivity index (χ2n) is 5.89. The van der Waals surface area contributed by atoms with Gasteiger partial charge in [-0.15, -0.1) is 6.58 Å². The molecule has 0 saturated heterocycles. The monoisotopic (exact) mass is 428 g/mol. The van der Waals surface area contributed by atoms with Gasteiger partial charge in [-0.3, -0.25) is 4.79 Å². The Labute approximate surface area is 166 Å². The molecule has 0 aliphatic carbocycles. The molecule has 2 rings (SSSR count). The molecular weight excluding hydrogens is 409 g/mol. The van der Waals surface area contributed by atoms with Crippen molar-refractivity contribution in [2.45, 2.75) is 11.1 Å². The van der Waals surface area contributed by atoms with Crippen LogP contribution in [-0.2, 0) is 21.0 Å². The average Bonchev–Trinajstić information content (AvgIpc) is 2.67. The molecular formula is C19H19F3N2O4S. The van der Waals surface area contributed by atoms with Gasteiger partial charge >= 0.3 is 6.18 Å². The summed E-state index contributed by atoms with van der Waals surface area (Å²) < 4.78 is 69.8. The largest absolute Gasteiger partial charge is 0.497 e. The van der Waals surface area contributed by atoms with Crippen molar-refractivity contribution in [2.24, 2.45) is 0 Å². The molecule has 156 valence electrons. The van der Waals surface area contributed by atoms with Crippen LogP contribution in [-0.4, -0.2) is 38.8 Å². The highest BCUT2D eigenvalue weighted by Crippen LogP contribution is 2.30. The van der Waals surface area contributed by atoms with E-state index in [-0.39, 0.29) is 17.1 Å². The fourth-order valence-corrected chi connectivity index (χ4v) is 3.79. The third-order valence-electron chi connectivity index (χ3n) is 3.82. The van der Waals surface area contributed by atoms with Crippen molar-refractivity contribution in [3.8, 4) is 5.75 Å². The Morgan fingerprint density at radius 1 is 1.21 bits per heavy atom. The molecule has 0 unspecified atom stereocenters. The molecule has 0 atom stereocenters. The Bertz CT molecular complexity index is 974. The summed E-state index contributed by atoms with van der Waals surface area (Å²) in [5.74, 6) is -0.329. The van der Waals surface area contributed by atoms with Gasteiger partial charge in [0.1, 0.15) is 5.75 Å². The summed E-state index contributed by atoms with van der Waals surface area (Å²) in [6.45, 7) is 2.72. The summed E-state index contributed by atoms with van der Waals surface area (Å²) in [7, 11) is -2.61. The van der Waals surface area contributed by atoms with Gasteiger partial charge < -0.3 is 10.1 Å². The van der Waals surface area contributed by atoms with Crippen molar-refractivity contribution in [3.63, 3.8) is 0 Å². The number of sulfonamides is 1. The van der Waals surface area contributed by atoms with Crippen LogP contribution in [0.3, 0.4) is 0 Å². The minimum atomic E-state index is -4.56. The summed E-state index contributed by atoms with van der Waals surface area (Å²) >= 11 is 0. The molecule has 2 aromatic rings. The Morgan fingerprint density at radius 2 is 1.86 bits per heavy atom. The first-order valence-electron chi connectivity index (χ1n) is 8.30. The lowest BCUT2D eigenvalue weighted by Gasteiger charge is -2.20. The first-order valence-corrected chi connectivity index (χ1v) is 9.74. The first-order chi connectivity index (χ1) is 13.6. The molecule has 0 radical (unpaired) electrons. The van der Waals surface area contributed by atoms with E-state index in [4.69, 9.17) is 4.74 Å². The zero-order valence-electron chi connectivity index (χ0n) is 15.4. The van der Waals surface area contributed by atoms with Gasteiger partial charge in [-0.05, 0) is 42.5 Å². The maximum absolute atomic E-state index is 12.8. The van der Waals surface area contributed by atoms with Crippen LogP contribution in [0.5, 0.6) is 5.75 Å². The van der Waals surface area contributed by atoms with Crippen molar-refractivity contribution in [1.82, 2.24) is 4.31 Å². The third-order valence-corrected chi connectivity index (χ3v) is 5.65. The van der Waals surface area contributed by atoms with Crippen LogP contribution in [0, 0.1) is 0 Å². The number of halogens is 3. The minimum absolute atomic E-state index is 0.0629. The summed E-state index contributed by atoms with van der Waals surface area (Å²) in [4.78, 5) is 12.2. The van der Waals surface area contributed by atoms with E-state index in [0.29, 0.717) is 5.75 Å². The predicted molar refractivity (Wildman–Crippen MR) is 102 cm³/mol. The molecule has 6 nitrogen and oxygen atoms in total. The van der Waals surface area contributed by atoms with Crippen LogP contribution in [0.2, 0.25) is 0 Å². The van der Waals surface area contributed by atoms with E-state index < -0.39 is 34.2 Å². The van der Waals surface area contributed by atoms with Gasteiger partial charge in [0.25, 0.3) is 0 Å². The lowest BCUT2D eigenvalue weighted by Crippen LogP contribution is -2.38. The van der Waals surface area contributed by atoms with E-state index in [2.05, 4.69) is 11.9 Å².